The van der Waals surface area contributed by atoms with E-state index in [9.17, 15) is 4.79 Å². The Hall–Kier alpha value is -0.870. The molecule has 0 amide bonds. The number of nitrogens with zero attached hydrogens (tertiary/aromatic N) is 2. The van der Waals surface area contributed by atoms with E-state index in [1.54, 1.807) is 13.1 Å². The van der Waals surface area contributed by atoms with Crippen molar-refractivity contribution in [2.75, 3.05) is 19.3 Å². The van der Waals surface area contributed by atoms with Crippen molar-refractivity contribution in [3.05, 3.63) is 30.1 Å². The highest BCUT2D eigenvalue weighted by atomic mass is 32.2. The van der Waals surface area contributed by atoms with Gasteiger partial charge in [0.15, 0.2) is 5.12 Å². The lowest BCUT2D eigenvalue weighted by Crippen LogP contribution is -2.22. The van der Waals surface area contributed by atoms with Crippen LogP contribution >= 0.6 is 11.8 Å². The number of hydrogen-bond acceptors (Lipinski definition) is 4. The predicted octanol–water partition coefficient (Wildman–Crippen LogP) is 2.35. The summed E-state index contributed by atoms with van der Waals surface area (Å²) in [5.41, 5.74) is 1.27. The van der Waals surface area contributed by atoms with Gasteiger partial charge in [-0.05, 0) is 37.6 Å². The van der Waals surface area contributed by atoms with Gasteiger partial charge in [0.25, 0.3) is 0 Å². The number of carbonyl (C=O) groups is 1. The van der Waals surface area contributed by atoms with E-state index < -0.39 is 0 Å². The Morgan fingerprint density at radius 3 is 3.12 bits per heavy atom. The molecule has 0 bridgehead atoms. The molecule has 1 aliphatic rings. The monoisotopic (exact) mass is 250 g/mol. The third-order valence-electron chi connectivity index (χ3n) is 3.30. The van der Waals surface area contributed by atoms with Crippen LogP contribution in [0.15, 0.2) is 24.5 Å². The average molecular weight is 250 g/mol. The largest absolute Gasteiger partial charge is 0.299 e. The Morgan fingerprint density at radius 1 is 1.65 bits per heavy atom. The molecule has 1 aliphatic heterocycles. The van der Waals surface area contributed by atoms with Gasteiger partial charge in [0.1, 0.15) is 0 Å². The van der Waals surface area contributed by atoms with E-state index in [2.05, 4.69) is 23.0 Å². The maximum Gasteiger partial charge on any atom is 0.185 e. The average Bonchev–Trinajstić information content (AvgIpc) is 2.69. The van der Waals surface area contributed by atoms with E-state index >= 15 is 0 Å². The van der Waals surface area contributed by atoms with Gasteiger partial charge in [-0.3, -0.25) is 14.7 Å². The smallest absolute Gasteiger partial charge is 0.185 e. The van der Waals surface area contributed by atoms with Crippen LogP contribution in [-0.2, 0) is 4.79 Å². The van der Waals surface area contributed by atoms with Crippen LogP contribution in [0.1, 0.15) is 24.9 Å². The fourth-order valence-corrected chi connectivity index (χ4v) is 3.30. The Bertz CT molecular complexity index is 382. The van der Waals surface area contributed by atoms with Gasteiger partial charge >= 0.3 is 0 Å². The van der Waals surface area contributed by atoms with Gasteiger partial charge in [-0.1, -0.05) is 17.8 Å². The first-order valence-corrected chi connectivity index (χ1v) is 6.90. The zero-order valence-corrected chi connectivity index (χ0v) is 11.1. The van der Waals surface area contributed by atoms with Crippen molar-refractivity contribution in [2.24, 2.45) is 5.92 Å². The molecule has 1 aromatic rings. The van der Waals surface area contributed by atoms with Crippen LogP contribution in [0.2, 0.25) is 0 Å². The van der Waals surface area contributed by atoms with Crippen LogP contribution in [0.3, 0.4) is 0 Å². The summed E-state index contributed by atoms with van der Waals surface area (Å²) in [5.74, 6) is 1.47. The zero-order chi connectivity index (χ0) is 12.3. The van der Waals surface area contributed by atoms with Crippen LogP contribution < -0.4 is 0 Å². The summed E-state index contributed by atoms with van der Waals surface area (Å²) in [6.07, 6.45) is 4.91. The third kappa shape index (κ3) is 3.07. The number of aromatic nitrogens is 1. The molecule has 4 heteroatoms. The number of likely N-dealkylation sites (tertiary alicyclic amines) is 1. The Labute approximate surface area is 107 Å². The highest BCUT2D eigenvalue weighted by Crippen LogP contribution is 2.37. The molecule has 0 aliphatic carbocycles. The second-order valence-corrected chi connectivity index (χ2v) is 5.76. The molecular formula is C13H18N2OS. The van der Waals surface area contributed by atoms with Crippen molar-refractivity contribution >= 4 is 16.9 Å². The van der Waals surface area contributed by atoms with Gasteiger partial charge in [-0.25, -0.2) is 0 Å². The molecule has 1 saturated heterocycles. The van der Waals surface area contributed by atoms with Crippen molar-refractivity contribution in [3.8, 4) is 0 Å². The molecule has 17 heavy (non-hydrogen) atoms. The Kier molecular flexibility index (Phi) is 4.18. The van der Waals surface area contributed by atoms with Crippen LogP contribution in [0, 0.1) is 5.92 Å². The lowest BCUT2D eigenvalue weighted by Gasteiger charge is -2.24. The second kappa shape index (κ2) is 5.65. The third-order valence-corrected chi connectivity index (χ3v) is 4.30. The molecule has 0 unspecified atom stereocenters. The first-order chi connectivity index (χ1) is 8.18. The van der Waals surface area contributed by atoms with Gasteiger partial charge in [0, 0.05) is 31.1 Å². The van der Waals surface area contributed by atoms with Crippen molar-refractivity contribution in [1.82, 2.24) is 9.88 Å². The maximum absolute atomic E-state index is 11.1. The van der Waals surface area contributed by atoms with Crippen molar-refractivity contribution in [3.63, 3.8) is 0 Å². The topological polar surface area (TPSA) is 33.2 Å². The molecule has 1 aromatic heterocycles. The fourth-order valence-electron chi connectivity index (χ4n) is 2.50. The number of carbonyl (C=O) groups excluding carboxylic acids is 1. The summed E-state index contributed by atoms with van der Waals surface area (Å²) in [6.45, 7) is 2.74. The van der Waals surface area contributed by atoms with E-state index in [4.69, 9.17) is 0 Å². The molecule has 92 valence electrons. The normalized spacial score (nSPS) is 25.1. The zero-order valence-electron chi connectivity index (χ0n) is 10.3. The minimum atomic E-state index is 0.212. The lowest BCUT2D eigenvalue weighted by atomic mass is 9.97. The lowest BCUT2D eigenvalue weighted by molar-refractivity contribution is -0.109. The highest BCUT2D eigenvalue weighted by molar-refractivity contribution is 8.13. The fraction of sp³-hybridized carbons (Fsp3) is 0.538. The van der Waals surface area contributed by atoms with Gasteiger partial charge in [0.05, 0.1) is 0 Å². The first-order valence-electron chi connectivity index (χ1n) is 5.92. The van der Waals surface area contributed by atoms with E-state index in [1.165, 1.54) is 17.3 Å². The minimum Gasteiger partial charge on any atom is -0.299 e. The van der Waals surface area contributed by atoms with Crippen molar-refractivity contribution in [2.45, 2.75) is 19.4 Å². The summed E-state index contributed by atoms with van der Waals surface area (Å²) >= 11 is 1.44. The van der Waals surface area contributed by atoms with Crippen LogP contribution in [-0.4, -0.2) is 34.3 Å². The number of pyridine rings is 1. The summed E-state index contributed by atoms with van der Waals surface area (Å²) in [5, 5.41) is 0.212. The summed E-state index contributed by atoms with van der Waals surface area (Å²) < 4.78 is 0. The molecular weight excluding hydrogens is 232 g/mol. The van der Waals surface area contributed by atoms with E-state index in [-0.39, 0.29) is 5.12 Å². The predicted molar refractivity (Wildman–Crippen MR) is 70.9 cm³/mol. The van der Waals surface area contributed by atoms with Crippen LogP contribution in [0.25, 0.3) is 0 Å². The number of hydrogen-bond donors (Lipinski definition) is 0. The molecule has 0 radical (unpaired) electrons. The van der Waals surface area contributed by atoms with Gasteiger partial charge in [0.2, 0.25) is 0 Å². The summed E-state index contributed by atoms with van der Waals surface area (Å²) in [4.78, 5) is 17.6. The minimum absolute atomic E-state index is 0.212. The van der Waals surface area contributed by atoms with E-state index in [1.807, 2.05) is 12.3 Å². The molecule has 1 fully saturated rings. The highest BCUT2D eigenvalue weighted by Gasteiger charge is 2.33. The van der Waals surface area contributed by atoms with Crippen LogP contribution in [0.5, 0.6) is 0 Å². The van der Waals surface area contributed by atoms with Crippen LogP contribution in [0.4, 0.5) is 0 Å². The molecule has 0 aromatic carbocycles. The SMILES string of the molecule is CC(=O)SC[C@@H]1CCN(C)[C@H]1c1cccnc1. The van der Waals surface area contributed by atoms with Crippen molar-refractivity contribution in [1.29, 1.82) is 0 Å². The van der Waals surface area contributed by atoms with Gasteiger partial charge < -0.3 is 0 Å². The van der Waals surface area contributed by atoms with Gasteiger partial charge in [-0.2, -0.15) is 0 Å². The summed E-state index contributed by atoms with van der Waals surface area (Å²) in [7, 11) is 2.15. The van der Waals surface area contributed by atoms with E-state index in [0.717, 1.165) is 18.7 Å². The second-order valence-electron chi connectivity index (χ2n) is 4.56. The maximum atomic E-state index is 11.1. The summed E-state index contributed by atoms with van der Waals surface area (Å²) in [6, 6.07) is 4.53. The molecule has 0 spiro atoms. The molecule has 2 atom stereocenters. The number of rotatable bonds is 3. The molecule has 2 rings (SSSR count). The van der Waals surface area contributed by atoms with E-state index in [0.29, 0.717) is 12.0 Å². The molecule has 3 nitrogen and oxygen atoms in total. The quantitative estimate of drug-likeness (QED) is 0.824. The molecule has 0 saturated carbocycles. The Morgan fingerprint density at radius 2 is 2.47 bits per heavy atom. The number of thioether (sulfide) groups is 1. The molecule has 0 N–H and O–H groups in total. The molecule has 2 heterocycles. The standard InChI is InChI=1S/C13H18N2OS/c1-10(16)17-9-12-5-7-15(2)13(12)11-4-3-6-14-8-11/h3-4,6,8,12-13H,5,7,9H2,1-2H3/t12-,13-/m0/s1. The van der Waals surface area contributed by atoms with Crippen molar-refractivity contribution < 1.29 is 4.79 Å². The van der Waals surface area contributed by atoms with Gasteiger partial charge in [-0.15, -0.1) is 0 Å². The Balaban J connectivity index is 2.09. The first kappa shape index (κ1) is 12.6.